The molecule has 2 rings (SSSR count). The molecule has 23 heavy (non-hydrogen) atoms. The third-order valence-electron chi connectivity index (χ3n) is 3.18. The number of nitrogens with one attached hydrogen (secondary N) is 1. The number of ether oxygens (including phenoxy) is 1. The number of thioether (sulfide) groups is 1. The van der Waals surface area contributed by atoms with E-state index in [2.05, 4.69) is 36.5 Å². The molecule has 0 radical (unpaired) electrons. The van der Waals surface area contributed by atoms with Crippen LogP contribution in [0.25, 0.3) is 0 Å². The minimum atomic E-state index is 0.00951. The summed E-state index contributed by atoms with van der Waals surface area (Å²) in [6.07, 6.45) is 0.459. The highest BCUT2D eigenvalue weighted by Crippen LogP contribution is 2.29. The fourth-order valence-electron chi connectivity index (χ4n) is 1.80. The number of carbonyl (C=O) groups is 1. The van der Waals surface area contributed by atoms with Gasteiger partial charge in [-0.05, 0) is 24.3 Å². The molecule has 6 heteroatoms. The molecule has 0 aliphatic carbocycles. The summed E-state index contributed by atoms with van der Waals surface area (Å²) < 4.78 is 6.11. The molecular formula is C17H22N2O2S2. The summed E-state index contributed by atoms with van der Waals surface area (Å²) in [5.74, 6) is 1.51. The molecule has 1 N–H and O–H groups in total. The lowest BCUT2D eigenvalue weighted by molar-refractivity contribution is -0.115. The van der Waals surface area contributed by atoms with Gasteiger partial charge in [0.2, 0.25) is 5.91 Å². The Hall–Kier alpha value is -1.53. The van der Waals surface area contributed by atoms with Gasteiger partial charge in [-0.1, -0.05) is 32.5 Å². The quantitative estimate of drug-likeness (QED) is 0.775. The number of rotatable bonds is 6. The Morgan fingerprint density at radius 2 is 2.00 bits per heavy atom. The zero-order valence-corrected chi connectivity index (χ0v) is 15.5. The average Bonchev–Trinajstić information content (AvgIpc) is 2.97. The molecule has 0 unspecified atom stereocenters. The minimum Gasteiger partial charge on any atom is -0.497 e. The van der Waals surface area contributed by atoms with Gasteiger partial charge in [-0.3, -0.25) is 4.79 Å². The molecule has 0 spiro atoms. The Bertz CT molecular complexity index is 645. The molecule has 1 amide bonds. The van der Waals surface area contributed by atoms with Crippen molar-refractivity contribution in [3.63, 3.8) is 0 Å². The maximum Gasteiger partial charge on any atom is 0.225 e. The van der Waals surface area contributed by atoms with Crippen LogP contribution in [0, 0.1) is 0 Å². The summed E-state index contributed by atoms with van der Waals surface area (Å²) in [6, 6.07) is 7.32. The van der Waals surface area contributed by atoms with Gasteiger partial charge in [0.15, 0.2) is 0 Å². The second-order valence-corrected chi connectivity index (χ2v) is 8.32. The number of carbonyl (C=O) groups excluding carboxylic acids is 1. The fraction of sp³-hybridized carbons (Fsp3) is 0.412. The number of anilines is 1. The van der Waals surface area contributed by atoms with Crippen molar-refractivity contribution in [1.29, 1.82) is 0 Å². The molecule has 0 saturated heterocycles. The van der Waals surface area contributed by atoms with Crippen molar-refractivity contribution in [2.45, 2.75) is 36.9 Å². The van der Waals surface area contributed by atoms with Gasteiger partial charge in [-0.2, -0.15) is 0 Å². The molecule has 2 aromatic rings. The van der Waals surface area contributed by atoms with Crippen LogP contribution in [0.4, 0.5) is 5.69 Å². The van der Waals surface area contributed by atoms with E-state index >= 15 is 0 Å². The molecule has 0 saturated carbocycles. The topological polar surface area (TPSA) is 51.2 Å². The highest BCUT2D eigenvalue weighted by Gasteiger charge is 2.17. The van der Waals surface area contributed by atoms with Crippen molar-refractivity contribution < 1.29 is 9.53 Å². The zero-order chi connectivity index (χ0) is 16.9. The predicted octanol–water partition coefficient (Wildman–Crippen LogP) is 4.57. The van der Waals surface area contributed by atoms with Gasteiger partial charge < -0.3 is 10.1 Å². The van der Waals surface area contributed by atoms with E-state index in [1.165, 1.54) is 0 Å². The third-order valence-corrected chi connectivity index (χ3v) is 5.20. The Balaban J connectivity index is 1.77. The maximum atomic E-state index is 11.9. The Morgan fingerprint density at radius 3 is 2.57 bits per heavy atom. The molecule has 124 valence electrons. The van der Waals surface area contributed by atoms with Crippen LogP contribution in [-0.2, 0) is 10.2 Å². The van der Waals surface area contributed by atoms with Crippen molar-refractivity contribution >= 4 is 34.7 Å². The van der Waals surface area contributed by atoms with Gasteiger partial charge >= 0.3 is 0 Å². The van der Waals surface area contributed by atoms with E-state index in [1.807, 2.05) is 24.3 Å². The number of nitrogens with zero attached hydrogens (tertiary/aromatic N) is 1. The summed E-state index contributed by atoms with van der Waals surface area (Å²) in [5, 5.41) is 4.98. The Kier molecular flexibility index (Phi) is 6.07. The number of hydrogen-bond donors (Lipinski definition) is 1. The lowest BCUT2D eigenvalue weighted by Gasteiger charge is -2.14. The van der Waals surface area contributed by atoms with E-state index in [4.69, 9.17) is 4.74 Å². The van der Waals surface area contributed by atoms with Gasteiger partial charge in [-0.15, -0.1) is 11.3 Å². The van der Waals surface area contributed by atoms with E-state index in [0.717, 1.165) is 27.2 Å². The van der Waals surface area contributed by atoms with Crippen molar-refractivity contribution in [3.8, 4) is 5.75 Å². The molecule has 4 nitrogen and oxygen atoms in total. The summed E-state index contributed by atoms with van der Waals surface area (Å²) in [5.41, 5.74) is 1.96. The van der Waals surface area contributed by atoms with Crippen LogP contribution in [0.1, 0.15) is 32.9 Å². The van der Waals surface area contributed by atoms with Crippen molar-refractivity contribution in [1.82, 2.24) is 4.98 Å². The summed E-state index contributed by atoms with van der Waals surface area (Å²) in [6.45, 7) is 6.45. The number of methoxy groups -OCH3 is 1. The van der Waals surface area contributed by atoms with Crippen LogP contribution in [0.5, 0.6) is 5.75 Å². The van der Waals surface area contributed by atoms with Gasteiger partial charge in [0.25, 0.3) is 0 Å². The average molecular weight is 351 g/mol. The highest BCUT2D eigenvalue weighted by molar-refractivity contribution is 8.01. The Morgan fingerprint density at radius 1 is 1.30 bits per heavy atom. The second-order valence-electron chi connectivity index (χ2n) is 6.12. The predicted molar refractivity (Wildman–Crippen MR) is 97.8 cm³/mol. The van der Waals surface area contributed by atoms with Crippen LogP contribution in [0.15, 0.2) is 34.0 Å². The molecule has 0 atom stereocenters. The van der Waals surface area contributed by atoms with Gasteiger partial charge in [0, 0.05) is 28.7 Å². The van der Waals surface area contributed by atoms with Crippen LogP contribution < -0.4 is 10.1 Å². The number of amides is 1. The number of hydrogen-bond acceptors (Lipinski definition) is 5. The second kappa shape index (κ2) is 7.84. The van der Waals surface area contributed by atoms with E-state index < -0.39 is 0 Å². The lowest BCUT2D eigenvalue weighted by atomic mass is 9.93. The summed E-state index contributed by atoms with van der Waals surface area (Å²) in [7, 11) is 1.62. The van der Waals surface area contributed by atoms with Crippen LogP contribution in [0.3, 0.4) is 0 Å². The number of thiazole rings is 1. The molecule has 0 aliphatic rings. The lowest BCUT2D eigenvalue weighted by Crippen LogP contribution is -2.12. The van der Waals surface area contributed by atoms with E-state index in [-0.39, 0.29) is 11.3 Å². The van der Waals surface area contributed by atoms with E-state index in [0.29, 0.717) is 6.42 Å². The van der Waals surface area contributed by atoms with Crippen molar-refractivity contribution in [2.24, 2.45) is 0 Å². The smallest absolute Gasteiger partial charge is 0.225 e. The maximum absolute atomic E-state index is 11.9. The van der Waals surface area contributed by atoms with Gasteiger partial charge in [0.1, 0.15) is 10.1 Å². The minimum absolute atomic E-state index is 0.00951. The van der Waals surface area contributed by atoms with E-state index in [1.54, 1.807) is 30.2 Å². The van der Waals surface area contributed by atoms with Crippen LogP contribution in [-0.4, -0.2) is 23.8 Å². The first-order valence-electron chi connectivity index (χ1n) is 7.41. The monoisotopic (exact) mass is 350 g/mol. The first-order chi connectivity index (χ1) is 10.9. The first kappa shape index (κ1) is 17.8. The molecule has 0 aliphatic heterocycles. The summed E-state index contributed by atoms with van der Waals surface area (Å²) >= 11 is 3.27. The molecule has 0 fully saturated rings. The summed E-state index contributed by atoms with van der Waals surface area (Å²) in [4.78, 5) is 16.6. The standard InChI is InChI=1S/C17H22N2O2S2/c1-17(2,3)14-11-23-16(19-14)22-10-9-15(20)18-12-5-7-13(21-4)8-6-12/h5-8,11H,9-10H2,1-4H3,(H,18,20). The Labute approximate surface area is 145 Å². The molecular weight excluding hydrogens is 328 g/mol. The highest BCUT2D eigenvalue weighted by atomic mass is 32.2. The van der Waals surface area contributed by atoms with Gasteiger partial charge in [-0.25, -0.2) is 4.98 Å². The van der Waals surface area contributed by atoms with Crippen molar-refractivity contribution in [3.05, 3.63) is 35.3 Å². The largest absolute Gasteiger partial charge is 0.497 e. The number of benzene rings is 1. The molecule has 0 bridgehead atoms. The van der Waals surface area contributed by atoms with Crippen molar-refractivity contribution in [2.75, 3.05) is 18.2 Å². The van der Waals surface area contributed by atoms with Crippen LogP contribution in [0.2, 0.25) is 0 Å². The molecule has 1 heterocycles. The number of aromatic nitrogens is 1. The zero-order valence-electron chi connectivity index (χ0n) is 13.9. The normalized spacial score (nSPS) is 11.3. The molecule has 1 aromatic carbocycles. The van der Waals surface area contributed by atoms with E-state index in [9.17, 15) is 4.79 Å². The third kappa shape index (κ3) is 5.55. The first-order valence-corrected chi connectivity index (χ1v) is 9.28. The van der Waals surface area contributed by atoms with Crippen LogP contribution >= 0.6 is 23.1 Å². The SMILES string of the molecule is COc1ccc(NC(=O)CCSc2nc(C(C)(C)C)cs2)cc1. The fourth-order valence-corrected chi connectivity index (χ4v) is 3.86. The molecule has 1 aromatic heterocycles. The van der Waals surface area contributed by atoms with Gasteiger partial charge in [0.05, 0.1) is 12.8 Å².